The van der Waals surface area contributed by atoms with Gasteiger partial charge in [0.15, 0.2) is 0 Å². The van der Waals surface area contributed by atoms with Crippen LogP contribution in [-0.4, -0.2) is 0 Å². The fourth-order valence-electron chi connectivity index (χ4n) is 1.46. The van der Waals surface area contributed by atoms with Crippen LogP contribution in [0, 0.1) is 18.3 Å². The summed E-state index contributed by atoms with van der Waals surface area (Å²) in [5, 5.41) is 9.84. The van der Waals surface area contributed by atoms with Crippen LogP contribution >= 0.6 is 23.2 Å². The van der Waals surface area contributed by atoms with Crippen molar-refractivity contribution in [2.45, 2.75) is 6.92 Å². The molecule has 0 N–H and O–H groups in total. The second-order valence-corrected chi connectivity index (χ2v) is 4.58. The molecule has 18 heavy (non-hydrogen) atoms. The topological polar surface area (TPSA) is 33.0 Å². The van der Waals surface area contributed by atoms with E-state index in [4.69, 9.17) is 33.2 Å². The zero-order valence-electron chi connectivity index (χ0n) is 9.58. The smallest absolute Gasteiger partial charge is 0.146 e. The predicted octanol–water partition coefficient (Wildman–Crippen LogP) is 4.97. The summed E-state index contributed by atoms with van der Waals surface area (Å²) in [4.78, 5) is 0. The number of rotatable bonds is 2. The Kier molecular flexibility index (Phi) is 3.76. The summed E-state index contributed by atoms with van der Waals surface area (Å²) in [5.74, 6) is 1.17. The number of nitriles is 1. The molecule has 0 amide bonds. The molecule has 0 unspecified atom stereocenters. The second-order valence-electron chi connectivity index (χ2n) is 3.77. The van der Waals surface area contributed by atoms with Gasteiger partial charge in [-0.25, -0.2) is 0 Å². The highest BCUT2D eigenvalue weighted by atomic mass is 35.5. The molecule has 0 radical (unpaired) electrons. The fourth-order valence-corrected chi connectivity index (χ4v) is 1.80. The van der Waals surface area contributed by atoms with Crippen molar-refractivity contribution >= 4 is 23.2 Å². The summed E-state index contributed by atoms with van der Waals surface area (Å²) >= 11 is 12.0. The van der Waals surface area contributed by atoms with Gasteiger partial charge in [0.2, 0.25) is 0 Å². The third kappa shape index (κ3) is 2.76. The fraction of sp³-hybridized carbons (Fsp3) is 0.0714. The van der Waals surface area contributed by atoms with Crippen molar-refractivity contribution in [3.05, 3.63) is 57.6 Å². The van der Waals surface area contributed by atoms with Crippen molar-refractivity contribution in [1.29, 1.82) is 5.26 Å². The minimum absolute atomic E-state index is 0.404. The van der Waals surface area contributed by atoms with Gasteiger partial charge in [-0.2, -0.15) is 5.26 Å². The molecule has 0 aliphatic heterocycles. The van der Waals surface area contributed by atoms with Crippen molar-refractivity contribution in [3.63, 3.8) is 0 Å². The van der Waals surface area contributed by atoms with Gasteiger partial charge >= 0.3 is 0 Å². The van der Waals surface area contributed by atoms with Crippen LogP contribution in [0.15, 0.2) is 36.4 Å². The molecule has 2 rings (SSSR count). The number of benzene rings is 2. The van der Waals surface area contributed by atoms with E-state index in [0.29, 0.717) is 27.1 Å². The highest BCUT2D eigenvalue weighted by Crippen LogP contribution is 2.31. The summed E-state index contributed by atoms with van der Waals surface area (Å²) in [6, 6.07) is 12.3. The molecular formula is C14H9Cl2NO. The largest absolute Gasteiger partial charge is 0.456 e. The molecule has 2 nitrogen and oxygen atoms in total. The number of ether oxygens (including phenoxy) is 1. The lowest BCUT2D eigenvalue weighted by atomic mass is 10.2. The summed E-state index contributed by atoms with van der Waals surface area (Å²) in [5.41, 5.74) is 1.43. The van der Waals surface area contributed by atoms with Crippen LogP contribution in [0.2, 0.25) is 10.0 Å². The van der Waals surface area contributed by atoms with Crippen molar-refractivity contribution in [2.24, 2.45) is 0 Å². The van der Waals surface area contributed by atoms with Gasteiger partial charge in [-0.15, -0.1) is 0 Å². The van der Waals surface area contributed by atoms with Gasteiger partial charge in [0, 0.05) is 5.02 Å². The number of hydrogen-bond donors (Lipinski definition) is 0. The first kappa shape index (κ1) is 12.8. The van der Waals surface area contributed by atoms with Crippen LogP contribution in [0.3, 0.4) is 0 Å². The molecule has 0 saturated heterocycles. The maximum atomic E-state index is 8.75. The molecule has 0 aliphatic carbocycles. The Hall–Kier alpha value is -1.69. The lowest BCUT2D eigenvalue weighted by Gasteiger charge is -2.08. The van der Waals surface area contributed by atoms with Crippen LogP contribution in [0.1, 0.15) is 11.1 Å². The first-order chi connectivity index (χ1) is 8.60. The van der Waals surface area contributed by atoms with Gasteiger partial charge in [0.1, 0.15) is 11.5 Å². The molecule has 90 valence electrons. The monoisotopic (exact) mass is 277 g/mol. The highest BCUT2D eigenvalue weighted by Gasteiger charge is 2.05. The third-order valence-electron chi connectivity index (χ3n) is 2.42. The van der Waals surface area contributed by atoms with E-state index in [9.17, 15) is 0 Å². The number of hydrogen-bond acceptors (Lipinski definition) is 2. The van der Waals surface area contributed by atoms with Crippen molar-refractivity contribution in [1.82, 2.24) is 0 Å². The van der Waals surface area contributed by atoms with Crippen molar-refractivity contribution in [2.75, 3.05) is 0 Å². The average Bonchev–Trinajstić information content (AvgIpc) is 2.36. The Bertz CT molecular complexity index is 632. The van der Waals surface area contributed by atoms with Crippen LogP contribution in [0.5, 0.6) is 11.5 Å². The molecule has 0 atom stereocenters. The lowest BCUT2D eigenvalue weighted by Crippen LogP contribution is -1.87. The molecule has 2 aromatic rings. The normalized spacial score (nSPS) is 9.89. The van der Waals surface area contributed by atoms with E-state index in [0.717, 1.165) is 5.56 Å². The molecule has 4 heteroatoms. The minimum Gasteiger partial charge on any atom is -0.456 e. The van der Waals surface area contributed by atoms with Crippen LogP contribution in [0.4, 0.5) is 0 Å². The van der Waals surface area contributed by atoms with E-state index in [-0.39, 0.29) is 0 Å². The first-order valence-corrected chi connectivity index (χ1v) is 5.99. The average molecular weight is 278 g/mol. The zero-order valence-corrected chi connectivity index (χ0v) is 11.1. The predicted molar refractivity (Wildman–Crippen MR) is 72.4 cm³/mol. The Morgan fingerprint density at radius 1 is 1.06 bits per heavy atom. The van der Waals surface area contributed by atoms with E-state index >= 15 is 0 Å². The molecule has 0 bridgehead atoms. The van der Waals surface area contributed by atoms with E-state index in [1.807, 2.05) is 19.1 Å². The van der Waals surface area contributed by atoms with Crippen LogP contribution < -0.4 is 4.74 Å². The standard InChI is InChI=1S/C14H9Cl2NO/c1-9-6-11(3-4-12(9)15)18-14-5-2-10(8-17)7-13(14)16/h2-7H,1H3. The van der Waals surface area contributed by atoms with E-state index in [1.165, 1.54) is 0 Å². The maximum absolute atomic E-state index is 8.75. The highest BCUT2D eigenvalue weighted by molar-refractivity contribution is 6.32. The number of nitrogens with zero attached hydrogens (tertiary/aromatic N) is 1. The van der Waals surface area contributed by atoms with E-state index < -0.39 is 0 Å². The van der Waals surface area contributed by atoms with E-state index in [2.05, 4.69) is 0 Å². The van der Waals surface area contributed by atoms with Crippen LogP contribution in [-0.2, 0) is 0 Å². The van der Waals surface area contributed by atoms with Gasteiger partial charge in [-0.3, -0.25) is 0 Å². The molecule has 0 spiro atoms. The van der Waals surface area contributed by atoms with Crippen molar-refractivity contribution in [3.8, 4) is 17.6 Å². The number of aryl methyl sites for hydroxylation is 1. The molecule has 0 saturated carbocycles. The quantitative estimate of drug-likeness (QED) is 0.777. The van der Waals surface area contributed by atoms with Gasteiger partial charge in [0.25, 0.3) is 0 Å². The lowest BCUT2D eigenvalue weighted by molar-refractivity contribution is 0.482. The zero-order chi connectivity index (χ0) is 13.1. The summed E-state index contributed by atoms with van der Waals surface area (Å²) in [6.45, 7) is 1.90. The van der Waals surface area contributed by atoms with Gasteiger partial charge in [0.05, 0.1) is 16.7 Å². The molecule has 2 aromatic carbocycles. The first-order valence-electron chi connectivity index (χ1n) is 5.24. The van der Waals surface area contributed by atoms with Gasteiger partial charge in [-0.05, 0) is 48.9 Å². The Labute approximate surface area is 115 Å². The minimum atomic E-state index is 0.404. The summed E-state index contributed by atoms with van der Waals surface area (Å²) in [7, 11) is 0. The van der Waals surface area contributed by atoms with Gasteiger partial charge < -0.3 is 4.74 Å². The van der Waals surface area contributed by atoms with E-state index in [1.54, 1.807) is 30.3 Å². The summed E-state index contributed by atoms with van der Waals surface area (Å²) < 4.78 is 5.64. The Morgan fingerprint density at radius 2 is 1.83 bits per heavy atom. The summed E-state index contributed by atoms with van der Waals surface area (Å²) in [6.07, 6.45) is 0. The molecule has 0 aliphatic rings. The second kappa shape index (κ2) is 5.30. The van der Waals surface area contributed by atoms with Crippen LogP contribution in [0.25, 0.3) is 0 Å². The SMILES string of the molecule is Cc1cc(Oc2ccc(C#N)cc2Cl)ccc1Cl. The third-order valence-corrected chi connectivity index (χ3v) is 3.14. The molecule has 0 fully saturated rings. The molecule has 0 aromatic heterocycles. The van der Waals surface area contributed by atoms with Gasteiger partial charge in [-0.1, -0.05) is 23.2 Å². The number of halogens is 2. The Morgan fingerprint density at radius 3 is 2.44 bits per heavy atom. The maximum Gasteiger partial charge on any atom is 0.146 e. The Balaban J connectivity index is 2.29. The molecule has 0 heterocycles. The molecular weight excluding hydrogens is 269 g/mol. The van der Waals surface area contributed by atoms with Crippen molar-refractivity contribution < 1.29 is 4.74 Å².